The molecule has 0 saturated carbocycles. The predicted molar refractivity (Wildman–Crippen MR) is 104 cm³/mol. The van der Waals surface area contributed by atoms with E-state index < -0.39 is 0 Å². The standard InChI is InChI=1S/C23H24O3/c1-23(2,3)16-9-7-15(8-10-16)14-25-17-11-12-19-18-5-4-6-20(18)22(24)26-21(19)13-17/h7-13H,4-6,14H2,1-3H3. The molecule has 0 N–H and O–H groups in total. The first-order valence-electron chi connectivity index (χ1n) is 9.23. The molecule has 134 valence electrons. The minimum absolute atomic E-state index is 0.148. The van der Waals surface area contributed by atoms with E-state index in [0.29, 0.717) is 12.2 Å². The molecule has 0 unspecified atom stereocenters. The monoisotopic (exact) mass is 348 g/mol. The van der Waals surface area contributed by atoms with E-state index in [1.165, 1.54) is 5.56 Å². The van der Waals surface area contributed by atoms with Gasteiger partial charge in [0.1, 0.15) is 17.9 Å². The Balaban J connectivity index is 1.55. The van der Waals surface area contributed by atoms with Gasteiger partial charge in [-0.25, -0.2) is 4.79 Å². The third kappa shape index (κ3) is 3.14. The molecule has 0 fully saturated rings. The Morgan fingerprint density at radius 3 is 2.46 bits per heavy atom. The van der Waals surface area contributed by atoms with Crippen molar-refractivity contribution in [3.63, 3.8) is 0 Å². The average molecular weight is 348 g/mol. The van der Waals surface area contributed by atoms with Crippen LogP contribution in [-0.4, -0.2) is 0 Å². The summed E-state index contributed by atoms with van der Waals surface area (Å²) < 4.78 is 11.4. The lowest BCUT2D eigenvalue weighted by molar-refractivity contribution is 0.306. The molecule has 0 spiro atoms. The van der Waals surface area contributed by atoms with E-state index in [1.54, 1.807) is 0 Å². The van der Waals surface area contributed by atoms with E-state index in [9.17, 15) is 4.79 Å². The zero-order valence-corrected chi connectivity index (χ0v) is 15.6. The zero-order valence-electron chi connectivity index (χ0n) is 15.6. The second-order valence-corrected chi connectivity index (χ2v) is 8.09. The van der Waals surface area contributed by atoms with Crippen LogP contribution in [0.1, 0.15) is 49.4 Å². The van der Waals surface area contributed by atoms with Gasteiger partial charge in [-0.05, 0) is 53.5 Å². The lowest BCUT2D eigenvalue weighted by atomic mass is 9.87. The normalized spacial score (nSPS) is 13.8. The first kappa shape index (κ1) is 16.9. The van der Waals surface area contributed by atoms with Gasteiger partial charge >= 0.3 is 5.63 Å². The summed E-state index contributed by atoms with van der Waals surface area (Å²) in [5, 5.41) is 1.04. The molecule has 2 aromatic carbocycles. The van der Waals surface area contributed by atoms with E-state index in [1.807, 2.05) is 18.2 Å². The average Bonchev–Trinajstić information content (AvgIpc) is 3.10. The predicted octanol–water partition coefficient (Wildman–Crippen LogP) is 5.16. The Morgan fingerprint density at radius 2 is 1.73 bits per heavy atom. The molecule has 1 heterocycles. The van der Waals surface area contributed by atoms with Crippen LogP contribution in [0, 0.1) is 0 Å². The number of ether oxygens (including phenoxy) is 1. The van der Waals surface area contributed by atoms with Gasteiger partial charge in [0.25, 0.3) is 0 Å². The van der Waals surface area contributed by atoms with E-state index >= 15 is 0 Å². The molecule has 26 heavy (non-hydrogen) atoms. The van der Waals surface area contributed by atoms with Crippen molar-refractivity contribution in [3.05, 3.63) is 75.1 Å². The summed E-state index contributed by atoms with van der Waals surface area (Å²) in [5.74, 6) is 0.721. The first-order valence-corrected chi connectivity index (χ1v) is 9.23. The van der Waals surface area contributed by atoms with Crippen molar-refractivity contribution < 1.29 is 9.15 Å². The van der Waals surface area contributed by atoms with Crippen LogP contribution in [-0.2, 0) is 24.9 Å². The third-order valence-corrected chi connectivity index (χ3v) is 5.17. The topological polar surface area (TPSA) is 39.4 Å². The highest BCUT2D eigenvalue weighted by Crippen LogP contribution is 2.30. The number of hydrogen-bond acceptors (Lipinski definition) is 3. The van der Waals surface area contributed by atoms with Crippen molar-refractivity contribution in [2.45, 2.75) is 52.1 Å². The Kier molecular flexibility index (Phi) is 4.10. The van der Waals surface area contributed by atoms with Gasteiger partial charge in [0, 0.05) is 17.0 Å². The largest absolute Gasteiger partial charge is 0.489 e. The maximum Gasteiger partial charge on any atom is 0.339 e. The first-order chi connectivity index (χ1) is 12.4. The summed E-state index contributed by atoms with van der Waals surface area (Å²) in [7, 11) is 0. The minimum atomic E-state index is -0.195. The van der Waals surface area contributed by atoms with Crippen LogP contribution in [0.3, 0.4) is 0 Å². The lowest BCUT2D eigenvalue weighted by Gasteiger charge is -2.19. The molecule has 0 radical (unpaired) electrons. The van der Waals surface area contributed by atoms with E-state index in [4.69, 9.17) is 9.15 Å². The Labute approximate surface area is 153 Å². The van der Waals surface area contributed by atoms with E-state index in [-0.39, 0.29) is 11.0 Å². The highest BCUT2D eigenvalue weighted by molar-refractivity contribution is 5.83. The molecule has 0 bridgehead atoms. The summed E-state index contributed by atoms with van der Waals surface area (Å²) in [6.07, 6.45) is 2.82. The van der Waals surface area contributed by atoms with Gasteiger partial charge in [-0.2, -0.15) is 0 Å². The second-order valence-electron chi connectivity index (χ2n) is 8.09. The number of fused-ring (bicyclic) bond motifs is 3. The SMILES string of the molecule is CC(C)(C)c1ccc(COc2ccc3c4c(c(=O)oc3c2)CCC4)cc1. The Hall–Kier alpha value is -2.55. The van der Waals surface area contributed by atoms with Gasteiger partial charge in [0.2, 0.25) is 0 Å². The molecular formula is C23H24O3. The molecule has 1 aliphatic carbocycles. The fraction of sp³-hybridized carbons (Fsp3) is 0.348. The van der Waals surface area contributed by atoms with Gasteiger partial charge in [-0.15, -0.1) is 0 Å². The fourth-order valence-corrected chi connectivity index (χ4v) is 3.62. The molecule has 3 aromatic rings. The van der Waals surface area contributed by atoms with Crippen LogP contribution in [0.5, 0.6) is 5.75 Å². The molecule has 4 rings (SSSR count). The van der Waals surface area contributed by atoms with Crippen molar-refractivity contribution >= 4 is 11.0 Å². The van der Waals surface area contributed by atoms with Crippen LogP contribution in [0.25, 0.3) is 11.0 Å². The van der Waals surface area contributed by atoms with Crippen molar-refractivity contribution in [1.29, 1.82) is 0 Å². The number of rotatable bonds is 3. The van der Waals surface area contributed by atoms with Crippen LogP contribution in [0.15, 0.2) is 51.7 Å². The van der Waals surface area contributed by atoms with E-state index in [0.717, 1.165) is 47.1 Å². The van der Waals surface area contributed by atoms with Crippen molar-refractivity contribution in [2.24, 2.45) is 0 Å². The van der Waals surface area contributed by atoms with Gasteiger partial charge in [-0.1, -0.05) is 45.0 Å². The van der Waals surface area contributed by atoms with Crippen molar-refractivity contribution in [1.82, 2.24) is 0 Å². The fourth-order valence-electron chi connectivity index (χ4n) is 3.62. The maximum atomic E-state index is 12.1. The summed E-state index contributed by atoms with van der Waals surface area (Å²) >= 11 is 0. The maximum absolute atomic E-state index is 12.1. The van der Waals surface area contributed by atoms with Gasteiger partial charge in [-0.3, -0.25) is 0 Å². The smallest absolute Gasteiger partial charge is 0.339 e. The molecule has 1 aromatic heterocycles. The zero-order chi connectivity index (χ0) is 18.3. The van der Waals surface area contributed by atoms with Crippen LogP contribution in [0.2, 0.25) is 0 Å². The second kappa shape index (κ2) is 6.31. The van der Waals surface area contributed by atoms with Gasteiger partial charge < -0.3 is 9.15 Å². The number of aryl methyl sites for hydroxylation is 1. The number of benzene rings is 2. The molecule has 0 amide bonds. The molecule has 1 aliphatic rings. The van der Waals surface area contributed by atoms with Crippen LogP contribution < -0.4 is 10.4 Å². The number of hydrogen-bond donors (Lipinski definition) is 0. The summed E-state index contributed by atoms with van der Waals surface area (Å²) in [4.78, 5) is 12.1. The molecular weight excluding hydrogens is 324 g/mol. The molecule has 0 aliphatic heterocycles. The lowest BCUT2D eigenvalue weighted by Crippen LogP contribution is -2.10. The van der Waals surface area contributed by atoms with Crippen LogP contribution in [0.4, 0.5) is 0 Å². The van der Waals surface area contributed by atoms with Gasteiger partial charge in [0.05, 0.1) is 0 Å². The van der Waals surface area contributed by atoms with E-state index in [2.05, 4.69) is 45.0 Å². The minimum Gasteiger partial charge on any atom is -0.489 e. The third-order valence-electron chi connectivity index (χ3n) is 5.17. The summed E-state index contributed by atoms with van der Waals surface area (Å²) in [6, 6.07) is 14.3. The Bertz CT molecular complexity index is 1000. The summed E-state index contributed by atoms with van der Waals surface area (Å²) in [6.45, 7) is 7.11. The highest BCUT2D eigenvalue weighted by atomic mass is 16.5. The quantitative estimate of drug-likeness (QED) is 0.614. The molecule has 0 atom stereocenters. The highest BCUT2D eigenvalue weighted by Gasteiger charge is 2.19. The van der Waals surface area contributed by atoms with Crippen molar-refractivity contribution in [3.8, 4) is 5.75 Å². The van der Waals surface area contributed by atoms with Gasteiger partial charge in [0.15, 0.2) is 0 Å². The summed E-state index contributed by atoms with van der Waals surface area (Å²) in [5.41, 5.74) is 5.01. The molecule has 3 heteroatoms. The van der Waals surface area contributed by atoms with Crippen molar-refractivity contribution in [2.75, 3.05) is 0 Å². The molecule has 3 nitrogen and oxygen atoms in total. The molecule has 0 saturated heterocycles. The van der Waals surface area contributed by atoms with Crippen LogP contribution >= 0.6 is 0 Å². The Morgan fingerprint density at radius 1 is 1.00 bits per heavy atom.